The van der Waals surface area contributed by atoms with Crippen molar-refractivity contribution in [2.45, 2.75) is 18.9 Å². The monoisotopic (exact) mass is 293 g/mol. The Kier molecular flexibility index (Phi) is 3.14. The molecule has 104 valence electrons. The maximum absolute atomic E-state index is 12.4. The molecule has 0 radical (unpaired) electrons. The van der Waals surface area contributed by atoms with Crippen LogP contribution < -0.4 is 0 Å². The van der Waals surface area contributed by atoms with E-state index in [2.05, 4.69) is 0 Å². The summed E-state index contributed by atoms with van der Waals surface area (Å²) in [5, 5.41) is 10.4. The topological polar surface area (TPSA) is 70.8 Å². The highest BCUT2D eigenvalue weighted by Gasteiger charge is 2.35. The molecule has 2 heterocycles. The Bertz CT molecular complexity index is 694. The third-order valence-corrected chi connectivity index (χ3v) is 3.72. The standard InChI is InChI=1S/C14H12ClNO4/c15-9-3-4-11-8(6-9)7-12(20-11)13(17)16-5-1-2-10(16)14(18)19/h3-4,6-7,10H,1-2,5H2,(H,18,19)/t10-/m0/s1. The van der Waals surface area contributed by atoms with Gasteiger partial charge in [-0.2, -0.15) is 0 Å². The highest BCUT2D eigenvalue weighted by molar-refractivity contribution is 6.31. The van der Waals surface area contributed by atoms with Gasteiger partial charge in [0.1, 0.15) is 11.6 Å². The Labute approximate surface area is 119 Å². The fraction of sp³-hybridized carbons (Fsp3) is 0.286. The van der Waals surface area contributed by atoms with Crippen molar-refractivity contribution in [1.29, 1.82) is 0 Å². The van der Waals surface area contributed by atoms with Crippen molar-refractivity contribution in [1.82, 2.24) is 4.90 Å². The normalized spacial score (nSPS) is 18.6. The Hall–Kier alpha value is -2.01. The van der Waals surface area contributed by atoms with Gasteiger partial charge in [0.25, 0.3) is 5.91 Å². The molecule has 3 rings (SSSR count). The first kappa shape index (κ1) is 13.0. The smallest absolute Gasteiger partial charge is 0.326 e. The van der Waals surface area contributed by atoms with E-state index in [4.69, 9.17) is 21.1 Å². The lowest BCUT2D eigenvalue weighted by Crippen LogP contribution is -2.40. The van der Waals surface area contributed by atoms with E-state index in [0.717, 1.165) is 5.39 Å². The van der Waals surface area contributed by atoms with Crippen LogP contribution in [0.2, 0.25) is 5.02 Å². The fourth-order valence-corrected chi connectivity index (χ4v) is 2.71. The van der Waals surface area contributed by atoms with E-state index in [9.17, 15) is 9.59 Å². The summed E-state index contributed by atoms with van der Waals surface area (Å²) in [7, 11) is 0. The number of rotatable bonds is 2. The van der Waals surface area contributed by atoms with E-state index < -0.39 is 12.0 Å². The van der Waals surface area contributed by atoms with Gasteiger partial charge in [0.05, 0.1) is 0 Å². The summed E-state index contributed by atoms with van der Waals surface area (Å²) < 4.78 is 5.48. The summed E-state index contributed by atoms with van der Waals surface area (Å²) in [6.07, 6.45) is 1.17. The molecule has 1 aromatic carbocycles. The summed E-state index contributed by atoms with van der Waals surface area (Å²) in [6, 6.07) is 5.90. The lowest BCUT2D eigenvalue weighted by Gasteiger charge is -2.19. The summed E-state index contributed by atoms with van der Waals surface area (Å²) in [5.74, 6) is -1.22. The molecule has 1 amide bonds. The minimum Gasteiger partial charge on any atom is -0.480 e. The highest BCUT2D eigenvalue weighted by atomic mass is 35.5. The Balaban J connectivity index is 1.94. The van der Waals surface area contributed by atoms with E-state index in [1.54, 1.807) is 24.3 Å². The van der Waals surface area contributed by atoms with Gasteiger partial charge < -0.3 is 14.4 Å². The molecular formula is C14H12ClNO4. The minimum atomic E-state index is -0.977. The van der Waals surface area contributed by atoms with Gasteiger partial charge in [-0.3, -0.25) is 4.79 Å². The van der Waals surface area contributed by atoms with Crippen molar-refractivity contribution < 1.29 is 19.1 Å². The van der Waals surface area contributed by atoms with Crippen LogP contribution in [-0.4, -0.2) is 34.5 Å². The zero-order valence-corrected chi connectivity index (χ0v) is 11.3. The quantitative estimate of drug-likeness (QED) is 0.924. The van der Waals surface area contributed by atoms with Crippen LogP contribution >= 0.6 is 11.6 Å². The summed E-state index contributed by atoms with van der Waals surface area (Å²) >= 11 is 5.88. The number of aliphatic carboxylic acids is 1. The first-order valence-electron chi connectivity index (χ1n) is 6.29. The number of amides is 1. The number of halogens is 1. The second-order valence-electron chi connectivity index (χ2n) is 4.79. The second kappa shape index (κ2) is 4.83. The first-order chi connectivity index (χ1) is 9.56. The van der Waals surface area contributed by atoms with Crippen LogP contribution in [0.4, 0.5) is 0 Å². The molecule has 0 unspecified atom stereocenters. The number of carboxylic acids is 1. The van der Waals surface area contributed by atoms with Crippen LogP contribution in [0, 0.1) is 0 Å². The predicted molar refractivity (Wildman–Crippen MR) is 72.9 cm³/mol. The van der Waals surface area contributed by atoms with Gasteiger partial charge in [0.2, 0.25) is 0 Å². The molecule has 1 fully saturated rings. The number of carboxylic acid groups (broad SMARTS) is 1. The number of hydrogen-bond donors (Lipinski definition) is 1. The molecule has 0 saturated carbocycles. The molecule has 2 aromatic rings. The Morgan fingerprint density at radius 2 is 2.15 bits per heavy atom. The molecule has 0 bridgehead atoms. The molecule has 1 atom stereocenters. The Morgan fingerprint density at radius 3 is 2.90 bits per heavy atom. The Morgan fingerprint density at radius 1 is 1.35 bits per heavy atom. The van der Waals surface area contributed by atoms with Gasteiger partial charge in [-0.1, -0.05) is 11.6 Å². The molecular weight excluding hydrogens is 282 g/mol. The molecule has 6 heteroatoms. The maximum atomic E-state index is 12.4. The summed E-state index contributed by atoms with van der Waals surface area (Å²) in [4.78, 5) is 24.8. The number of carbonyl (C=O) groups excluding carboxylic acids is 1. The summed E-state index contributed by atoms with van der Waals surface area (Å²) in [6.45, 7) is 0.438. The van der Waals surface area contributed by atoms with Crippen LogP contribution in [0.25, 0.3) is 11.0 Å². The molecule has 5 nitrogen and oxygen atoms in total. The first-order valence-corrected chi connectivity index (χ1v) is 6.67. The average Bonchev–Trinajstić information content (AvgIpc) is 3.03. The number of nitrogens with zero attached hydrogens (tertiary/aromatic N) is 1. The average molecular weight is 294 g/mol. The van der Waals surface area contributed by atoms with Crippen molar-refractivity contribution in [2.75, 3.05) is 6.54 Å². The van der Waals surface area contributed by atoms with Crippen molar-refractivity contribution in [3.8, 4) is 0 Å². The number of furan rings is 1. The van der Waals surface area contributed by atoms with E-state index in [-0.39, 0.29) is 11.7 Å². The van der Waals surface area contributed by atoms with Crippen LogP contribution in [0.3, 0.4) is 0 Å². The van der Waals surface area contributed by atoms with Gasteiger partial charge >= 0.3 is 5.97 Å². The lowest BCUT2D eigenvalue weighted by atomic mass is 10.2. The minimum absolute atomic E-state index is 0.149. The summed E-state index contributed by atoms with van der Waals surface area (Å²) in [5.41, 5.74) is 0.559. The zero-order valence-electron chi connectivity index (χ0n) is 10.5. The van der Waals surface area contributed by atoms with Crippen LogP contribution in [0.15, 0.2) is 28.7 Å². The fourth-order valence-electron chi connectivity index (χ4n) is 2.53. The lowest BCUT2D eigenvalue weighted by molar-refractivity contribution is -0.141. The van der Waals surface area contributed by atoms with Gasteiger partial charge in [0.15, 0.2) is 5.76 Å². The number of benzene rings is 1. The SMILES string of the molecule is O=C(O)[C@@H]1CCCN1C(=O)c1cc2cc(Cl)ccc2o1. The second-order valence-corrected chi connectivity index (χ2v) is 5.22. The van der Waals surface area contributed by atoms with E-state index in [1.165, 1.54) is 4.90 Å². The van der Waals surface area contributed by atoms with Gasteiger partial charge in [-0.05, 0) is 37.1 Å². The molecule has 1 aliphatic rings. The van der Waals surface area contributed by atoms with E-state index in [1.807, 2.05) is 0 Å². The number of carbonyl (C=O) groups is 2. The van der Waals surface area contributed by atoms with Crippen LogP contribution in [0.1, 0.15) is 23.4 Å². The molecule has 20 heavy (non-hydrogen) atoms. The predicted octanol–water partition coefficient (Wildman–Crippen LogP) is 2.78. The van der Waals surface area contributed by atoms with E-state index >= 15 is 0 Å². The largest absolute Gasteiger partial charge is 0.480 e. The van der Waals surface area contributed by atoms with Crippen molar-refractivity contribution >= 4 is 34.4 Å². The zero-order chi connectivity index (χ0) is 14.3. The molecule has 1 aromatic heterocycles. The number of likely N-dealkylation sites (tertiary alicyclic amines) is 1. The maximum Gasteiger partial charge on any atom is 0.326 e. The third kappa shape index (κ3) is 2.14. The highest BCUT2D eigenvalue weighted by Crippen LogP contribution is 2.26. The van der Waals surface area contributed by atoms with E-state index in [0.29, 0.717) is 30.0 Å². The third-order valence-electron chi connectivity index (χ3n) is 3.49. The van der Waals surface area contributed by atoms with Crippen molar-refractivity contribution in [3.63, 3.8) is 0 Å². The van der Waals surface area contributed by atoms with Gasteiger partial charge in [-0.15, -0.1) is 0 Å². The molecule has 1 aliphatic heterocycles. The van der Waals surface area contributed by atoms with Crippen molar-refractivity contribution in [2.24, 2.45) is 0 Å². The number of fused-ring (bicyclic) bond motifs is 1. The van der Waals surface area contributed by atoms with Gasteiger partial charge in [-0.25, -0.2) is 4.79 Å². The van der Waals surface area contributed by atoms with Crippen LogP contribution in [-0.2, 0) is 4.79 Å². The van der Waals surface area contributed by atoms with Crippen molar-refractivity contribution in [3.05, 3.63) is 35.0 Å². The van der Waals surface area contributed by atoms with Gasteiger partial charge in [0, 0.05) is 17.0 Å². The van der Waals surface area contributed by atoms with Crippen LogP contribution in [0.5, 0.6) is 0 Å². The number of hydrogen-bond acceptors (Lipinski definition) is 3. The molecule has 0 spiro atoms. The molecule has 1 saturated heterocycles. The molecule has 1 N–H and O–H groups in total. The molecule has 0 aliphatic carbocycles.